The van der Waals surface area contributed by atoms with Gasteiger partial charge >= 0.3 is 6.18 Å². The Morgan fingerprint density at radius 3 is 2.31 bits per heavy atom. The number of halogens is 4. The molecule has 6 rings (SSSR count). The van der Waals surface area contributed by atoms with Gasteiger partial charge in [0.15, 0.2) is 0 Å². The summed E-state index contributed by atoms with van der Waals surface area (Å²) in [5.74, 6) is 0.517. The molecule has 2 aromatic carbocycles. The Balaban J connectivity index is 1.15. The summed E-state index contributed by atoms with van der Waals surface area (Å²) < 4.78 is 59.9. The zero-order valence-corrected chi connectivity index (χ0v) is 19.7. The van der Waals surface area contributed by atoms with E-state index in [1.54, 1.807) is 18.7 Å². The molecule has 0 bridgehead atoms. The first-order valence-electron chi connectivity index (χ1n) is 11.8. The van der Waals surface area contributed by atoms with E-state index in [0.29, 0.717) is 24.3 Å². The van der Waals surface area contributed by atoms with Crippen molar-refractivity contribution in [2.24, 2.45) is 11.8 Å². The molecule has 1 aromatic heterocycles. The van der Waals surface area contributed by atoms with Gasteiger partial charge in [-0.05, 0) is 30.5 Å². The third-order valence-electron chi connectivity index (χ3n) is 7.52. The summed E-state index contributed by atoms with van der Waals surface area (Å²) in [6.45, 7) is 1.55. The van der Waals surface area contributed by atoms with Crippen molar-refractivity contribution in [1.82, 2.24) is 19.1 Å². The maximum atomic E-state index is 15.1. The molecule has 184 valence electrons. The number of aromatic nitrogens is 3. The average Bonchev–Trinajstić information content (AvgIpc) is 3.22. The molecule has 5 atom stereocenters. The first-order chi connectivity index (χ1) is 16.9. The zero-order valence-electron chi connectivity index (χ0n) is 18.9. The van der Waals surface area contributed by atoms with Gasteiger partial charge in [0, 0.05) is 54.0 Å². The summed E-state index contributed by atoms with van der Waals surface area (Å²) in [4.78, 5) is 2.16. The Hall–Kier alpha value is -2.59. The smallest absolute Gasteiger partial charge is 0.371 e. The van der Waals surface area contributed by atoms with Crippen molar-refractivity contribution in [3.63, 3.8) is 0 Å². The molecular formula is C25H25F4N5S. The summed E-state index contributed by atoms with van der Waals surface area (Å²) in [7, 11) is 0. The lowest BCUT2D eigenvalue weighted by molar-refractivity contribution is -0.174. The number of piperidine rings is 1. The van der Waals surface area contributed by atoms with Crippen LogP contribution in [0.2, 0.25) is 0 Å². The van der Waals surface area contributed by atoms with Gasteiger partial charge in [-0.3, -0.25) is 0 Å². The van der Waals surface area contributed by atoms with E-state index in [9.17, 15) is 13.2 Å². The largest absolute Gasteiger partial charge is 0.404 e. The molecule has 3 heterocycles. The van der Waals surface area contributed by atoms with Crippen LogP contribution in [-0.2, 0) is 6.54 Å². The van der Waals surface area contributed by atoms with Crippen molar-refractivity contribution >= 4 is 17.6 Å². The molecule has 0 radical (unpaired) electrons. The Bertz CT molecular complexity index is 1160. The van der Waals surface area contributed by atoms with Crippen molar-refractivity contribution in [1.29, 1.82) is 0 Å². The first-order valence-corrected chi connectivity index (χ1v) is 12.6. The molecule has 35 heavy (non-hydrogen) atoms. The molecule has 5 nitrogen and oxygen atoms in total. The predicted molar refractivity (Wildman–Crippen MR) is 126 cm³/mol. The van der Waals surface area contributed by atoms with E-state index in [1.165, 1.54) is 22.3 Å². The minimum atomic E-state index is -4.36. The van der Waals surface area contributed by atoms with E-state index in [0.717, 1.165) is 24.3 Å². The van der Waals surface area contributed by atoms with Crippen molar-refractivity contribution in [2.45, 2.75) is 42.9 Å². The van der Waals surface area contributed by atoms with Gasteiger partial charge in [-0.15, -0.1) is 10.2 Å². The lowest BCUT2D eigenvalue weighted by atomic mass is 10.0. The standard InChI is InChI=1S/C25H25F4N5S/c26-21-10-18(32-12-19-20(13-32)24(19)33-14-30-31-15-33)7-6-17(21)11-34-23(25(27,28)29)9-8-22(35-34)16-4-2-1-3-5-16/h1-7,10,14-15,19-20,22-24H,8-9,11-13H2/t19-,20+,22-,23-,24?/m1/s1. The van der Waals surface area contributed by atoms with Crippen LogP contribution in [-0.4, -0.2) is 44.4 Å². The lowest BCUT2D eigenvalue weighted by Gasteiger charge is -2.39. The van der Waals surface area contributed by atoms with Gasteiger partial charge in [0.1, 0.15) is 24.5 Å². The summed E-state index contributed by atoms with van der Waals surface area (Å²) in [5.41, 5.74) is 2.06. The summed E-state index contributed by atoms with van der Waals surface area (Å²) >= 11 is 1.18. The third-order valence-corrected chi connectivity index (χ3v) is 8.94. The van der Waals surface area contributed by atoms with Crippen LogP contribution in [0, 0.1) is 17.7 Å². The molecular weight excluding hydrogens is 478 g/mol. The Labute approximate surface area is 205 Å². The monoisotopic (exact) mass is 503 g/mol. The molecule has 0 amide bonds. The molecule has 0 N–H and O–H groups in total. The van der Waals surface area contributed by atoms with E-state index in [4.69, 9.17) is 0 Å². The molecule has 1 saturated carbocycles. The average molecular weight is 504 g/mol. The summed E-state index contributed by atoms with van der Waals surface area (Å²) in [6.07, 6.45) is -0.457. The fourth-order valence-electron chi connectivity index (χ4n) is 5.65. The van der Waals surface area contributed by atoms with E-state index < -0.39 is 18.0 Å². The van der Waals surface area contributed by atoms with E-state index in [1.807, 2.05) is 41.0 Å². The van der Waals surface area contributed by atoms with E-state index >= 15 is 4.39 Å². The van der Waals surface area contributed by atoms with Crippen molar-refractivity contribution < 1.29 is 17.6 Å². The van der Waals surface area contributed by atoms with E-state index in [2.05, 4.69) is 15.1 Å². The van der Waals surface area contributed by atoms with Crippen molar-refractivity contribution in [3.8, 4) is 0 Å². The van der Waals surface area contributed by atoms with Crippen molar-refractivity contribution in [3.05, 3.63) is 78.1 Å². The number of anilines is 1. The maximum Gasteiger partial charge on any atom is 0.404 e. The Morgan fingerprint density at radius 2 is 1.66 bits per heavy atom. The number of rotatable bonds is 5. The summed E-state index contributed by atoms with van der Waals surface area (Å²) in [5, 5.41) is 7.67. The molecule has 3 aromatic rings. The number of hydrogen-bond donors (Lipinski definition) is 0. The minimum absolute atomic E-state index is 0.0000796. The molecule has 3 fully saturated rings. The topological polar surface area (TPSA) is 37.2 Å². The van der Waals surface area contributed by atoms with Crippen LogP contribution in [0.15, 0.2) is 61.2 Å². The number of hydrogen-bond acceptors (Lipinski definition) is 5. The van der Waals surface area contributed by atoms with Crippen LogP contribution in [0.25, 0.3) is 0 Å². The van der Waals surface area contributed by atoms with Crippen LogP contribution in [0.3, 0.4) is 0 Å². The zero-order chi connectivity index (χ0) is 24.2. The van der Waals surface area contributed by atoms with Gasteiger partial charge in [-0.2, -0.15) is 13.2 Å². The minimum Gasteiger partial charge on any atom is -0.371 e. The number of benzene rings is 2. The van der Waals surface area contributed by atoms with Gasteiger partial charge in [0.25, 0.3) is 0 Å². The Morgan fingerprint density at radius 1 is 0.943 bits per heavy atom. The lowest BCUT2D eigenvalue weighted by Crippen LogP contribution is -2.44. The van der Waals surface area contributed by atoms with Crippen LogP contribution < -0.4 is 4.90 Å². The van der Waals surface area contributed by atoms with Crippen LogP contribution in [0.4, 0.5) is 23.2 Å². The number of fused-ring (bicyclic) bond motifs is 1. The van der Waals surface area contributed by atoms with Gasteiger partial charge in [-0.25, -0.2) is 8.70 Å². The van der Waals surface area contributed by atoms with Gasteiger partial charge in [0.2, 0.25) is 0 Å². The van der Waals surface area contributed by atoms with Gasteiger partial charge < -0.3 is 9.47 Å². The quantitative estimate of drug-likeness (QED) is 0.333. The van der Waals surface area contributed by atoms with Crippen LogP contribution >= 0.6 is 11.9 Å². The molecule has 1 unspecified atom stereocenters. The molecule has 0 spiro atoms. The SMILES string of the molecule is Fc1cc(N2C[C@@H]3C(n4cnnc4)[C@@H]3C2)ccc1CN1S[C@@H](c2ccccc2)CC[C@@H]1C(F)(F)F. The molecule has 3 aliphatic rings. The van der Waals surface area contributed by atoms with Gasteiger partial charge in [0.05, 0.1) is 0 Å². The second kappa shape index (κ2) is 8.81. The molecule has 2 saturated heterocycles. The van der Waals surface area contributed by atoms with Crippen LogP contribution in [0.1, 0.15) is 35.3 Å². The fraction of sp³-hybridized carbons (Fsp3) is 0.440. The Kier molecular flexibility index (Phi) is 5.75. The fourth-order valence-corrected chi connectivity index (χ4v) is 7.08. The summed E-state index contributed by atoms with van der Waals surface area (Å²) in [6, 6.07) is 13.3. The second-order valence-electron chi connectivity index (χ2n) is 9.62. The second-order valence-corrected chi connectivity index (χ2v) is 10.9. The normalized spacial score (nSPS) is 28.8. The number of alkyl halides is 3. The highest BCUT2D eigenvalue weighted by Gasteiger charge is 2.57. The van der Waals surface area contributed by atoms with Crippen molar-refractivity contribution in [2.75, 3.05) is 18.0 Å². The number of nitrogens with zero attached hydrogens (tertiary/aromatic N) is 5. The van der Waals surface area contributed by atoms with Crippen LogP contribution in [0.5, 0.6) is 0 Å². The highest BCUT2D eigenvalue weighted by molar-refractivity contribution is 7.97. The highest BCUT2D eigenvalue weighted by atomic mass is 32.2. The maximum absolute atomic E-state index is 15.1. The molecule has 1 aliphatic carbocycles. The van der Waals surface area contributed by atoms with E-state index in [-0.39, 0.29) is 23.8 Å². The molecule has 2 aliphatic heterocycles. The highest BCUT2D eigenvalue weighted by Crippen LogP contribution is 2.55. The first kappa shape index (κ1) is 22.8. The predicted octanol–water partition coefficient (Wildman–Crippen LogP) is 5.64. The third kappa shape index (κ3) is 4.42. The van der Waals surface area contributed by atoms with Gasteiger partial charge in [-0.1, -0.05) is 48.3 Å². The molecule has 10 heteroatoms.